The number of hydrogen-bond acceptors (Lipinski definition) is 3. The van der Waals surface area contributed by atoms with Gasteiger partial charge in [0.1, 0.15) is 11.9 Å². The molecule has 0 atom stereocenters. The Bertz CT molecular complexity index is 384. The van der Waals surface area contributed by atoms with Crippen molar-refractivity contribution in [2.45, 2.75) is 13.0 Å². The van der Waals surface area contributed by atoms with Crippen molar-refractivity contribution in [3.05, 3.63) is 28.8 Å². The second-order valence-corrected chi connectivity index (χ2v) is 2.47. The molecule has 0 radical (unpaired) electrons. The Balaban J connectivity index is 3.37. The molecule has 0 fully saturated rings. The number of alkyl halides is 2. The zero-order valence-electron chi connectivity index (χ0n) is 6.97. The van der Waals surface area contributed by atoms with Gasteiger partial charge in [-0.05, 0) is 6.07 Å². The minimum Gasteiger partial charge on any atom is -0.325 e. The lowest BCUT2D eigenvalue weighted by Crippen LogP contribution is -2.06. The Kier molecular flexibility index (Phi) is 3.04. The molecule has 6 heteroatoms. The van der Waals surface area contributed by atoms with Crippen molar-refractivity contribution in [1.29, 1.82) is 5.26 Å². The van der Waals surface area contributed by atoms with E-state index in [2.05, 4.69) is 4.98 Å². The lowest BCUT2D eigenvalue weighted by Gasteiger charge is -2.05. The second-order valence-electron chi connectivity index (χ2n) is 2.47. The van der Waals surface area contributed by atoms with Crippen LogP contribution in [-0.4, -0.2) is 4.98 Å². The number of nitriles is 1. The summed E-state index contributed by atoms with van der Waals surface area (Å²) in [6.07, 6.45) is -3.05. The smallest absolute Gasteiger partial charge is 0.269 e. The Labute approximate surface area is 78.0 Å². The molecule has 0 aliphatic rings. The molecule has 3 nitrogen and oxygen atoms in total. The van der Waals surface area contributed by atoms with Gasteiger partial charge in [0.2, 0.25) is 0 Å². The molecule has 0 aromatic carbocycles. The van der Waals surface area contributed by atoms with Gasteiger partial charge in [-0.1, -0.05) is 0 Å². The number of nitrogens with zero attached hydrogens (tertiary/aromatic N) is 2. The van der Waals surface area contributed by atoms with Crippen molar-refractivity contribution in [3.8, 4) is 6.07 Å². The van der Waals surface area contributed by atoms with E-state index in [9.17, 15) is 13.2 Å². The SMILES string of the molecule is N#Cc1nc(CN)cc(F)c1C(F)F. The van der Waals surface area contributed by atoms with Crippen LogP contribution in [-0.2, 0) is 6.54 Å². The Morgan fingerprint density at radius 3 is 2.64 bits per heavy atom. The zero-order chi connectivity index (χ0) is 10.7. The summed E-state index contributed by atoms with van der Waals surface area (Å²) in [6.45, 7) is -0.102. The fourth-order valence-corrected chi connectivity index (χ4v) is 0.971. The first-order valence-corrected chi connectivity index (χ1v) is 3.67. The predicted octanol–water partition coefficient (Wildman–Crippen LogP) is 1.49. The first kappa shape index (κ1) is 10.5. The van der Waals surface area contributed by atoms with Crippen LogP contribution in [0.5, 0.6) is 0 Å². The largest absolute Gasteiger partial charge is 0.325 e. The van der Waals surface area contributed by atoms with E-state index in [0.717, 1.165) is 6.07 Å². The van der Waals surface area contributed by atoms with E-state index in [4.69, 9.17) is 11.0 Å². The summed E-state index contributed by atoms with van der Waals surface area (Å²) in [5, 5.41) is 8.46. The van der Waals surface area contributed by atoms with Crippen LogP contribution >= 0.6 is 0 Å². The Hall–Kier alpha value is -1.61. The van der Waals surface area contributed by atoms with Crippen LogP contribution in [0.25, 0.3) is 0 Å². The molecule has 1 aromatic heterocycles. The van der Waals surface area contributed by atoms with Crippen LogP contribution in [0.1, 0.15) is 23.4 Å². The van der Waals surface area contributed by atoms with Gasteiger partial charge in [-0.15, -0.1) is 0 Å². The van der Waals surface area contributed by atoms with E-state index in [0.29, 0.717) is 0 Å². The van der Waals surface area contributed by atoms with E-state index in [1.165, 1.54) is 6.07 Å². The third kappa shape index (κ3) is 1.83. The van der Waals surface area contributed by atoms with Gasteiger partial charge in [0.25, 0.3) is 6.43 Å². The van der Waals surface area contributed by atoms with Gasteiger partial charge in [0, 0.05) is 6.54 Å². The average molecular weight is 201 g/mol. The molecule has 2 N–H and O–H groups in total. The molecule has 0 unspecified atom stereocenters. The van der Waals surface area contributed by atoms with Crippen molar-refractivity contribution >= 4 is 0 Å². The predicted molar refractivity (Wildman–Crippen MR) is 41.8 cm³/mol. The van der Waals surface area contributed by atoms with Crippen molar-refractivity contribution < 1.29 is 13.2 Å². The fourth-order valence-electron chi connectivity index (χ4n) is 0.971. The monoisotopic (exact) mass is 201 g/mol. The maximum Gasteiger partial charge on any atom is 0.269 e. The van der Waals surface area contributed by atoms with Gasteiger partial charge in [-0.2, -0.15) is 5.26 Å². The topological polar surface area (TPSA) is 62.7 Å². The van der Waals surface area contributed by atoms with Gasteiger partial charge in [-0.25, -0.2) is 18.2 Å². The molecule has 0 saturated carbocycles. The first-order chi connectivity index (χ1) is 6.60. The van der Waals surface area contributed by atoms with E-state index in [1.807, 2.05) is 0 Å². The molecule has 1 rings (SSSR count). The number of aromatic nitrogens is 1. The summed E-state index contributed by atoms with van der Waals surface area (Å²) in [6, 6.07) is 2.21. The molecule has 14 heavy (non-hydrogen) atoms. The number of rotatable bonds is 2. The summed E-state index contributed by atoms with van der Waals surface area (Å²) in [4.78, 5) is 3.49. The third-order valence-electron chi connectivity index (χ3n) is 1.59. The quantitative estimate of drug-likeness (QED) is 0.788. The number of hydrogen-bond donors (Lipinski definition) is 1. The molecule has 0 aliphatic heterocycles. The lowest BCUT2D eigenvalue weighted by molar-refractivity contribution is 0.145. The molecule has 0 bridgehead atoms. The van der Waals surface area contributed by atoms with Crippen LogP contribution in [0.3, 0.4) is 0 Å². The average Bonchev–Trinajstić information content (AvgIpc) is 2.15. The van der Waals surface area contributed by atoms with Crippen LogP contribution in [0.15, 0.2) is 6.07 Å². The highest BCUT2D eigenvalue weighted by atomic mass is 19.3. The van der Waals surface area contributed by atoms with E-state index in [1.54, 1.807) is 0 Å². The van der Waals surface area contributed by atoms with Crippen molar-refractivity contribution in [2.75, 3.05) is 0 Å². The highest BCUT2D eigenvalue weighted by Gasteiger charge is 2.20. The van der Waals surface area contributed by atoms with E-state index < -0.39 is 23.5 Å². The molecule has 1 heterocycles. The highest BCUT2D eigenvalue weighted by Crippen LogP contribution is 2.24. The van der Waals surface area contributed by atoms with Gasteiger partial charge in [0.15, 0.2) is 5.69 Å². The molecular formula is C8H6F3N3. The fraction of sp³-hybridized carbons (Fsp3) is 0.250. The molecule has 74 valence electrons. The molecule has 0 spiro atoms. The second kappa shape index (κ2) is 4.07. The van der Waals surface area contributed by atoms with E-state index >= 15 is 0 Å². The first-order valence-electron chi connectivity index (χ1n) is 3.67. The minimum atomic E-state index is -3.05. The van der Waals surface area contributed by atoms with E-state index in [-0.39, 0.29) is 12.2 Å². The maximum absolute atomic E-state index is 13.0. The van der Waals surface area contributed by atoms with Gasteiger partial charge in [0.05, 0.1) is 11.3 Å². The van der Waals surface area contributed by atoms with Crippen LogP contribution in [0, 0.1) is 17.1 Å². The summed E-state index contributed by atoms with van der Waals surface area (Å²) in [5.41, 5.74) is 3.64. The Morgan fingerprint density at radius 1 is 1.57 bits per heavy atom. The Morgan fingerprint density at radius 2 is 2.21 bits per heavy atom. The summed E-state index contributed by atoms with van der Waals surface area (Å²) >= 11 is 0. The van der Waals surface area contributed by atoms with Crippen molar-refractivity contribution in [1.82, 2.24) is 4.98 Å². The van der Waals surface area contributed by atoms with Crippen molar-refractivity contribution in [3.63, 3.8) is 0 Å². The summed E-state index contributed by atoms with van der Waals surface area (Å²) in [7, 11) is 0. The summed E-state index contributed by atoms with van der Waals surface area (Å²) in [5.74, 6) is -1.15. The summed E-state index contributed by atoms with van der Waals surface area (Å²) < 4.78 is 37.5. The number of pyridine rings is 1. The van der Waals surface area contributed by atoms with Gasteiger partial charge >= 0.3 is 0 Å². The van der Waals surface area contributed by atoms with Crippen LogP contribution < -0.4 is 5.73 Å². The third-order valence-corrected chi connectivity index (χ3v) is 1.59. The molecule has 0 aliphatic carbocycles. The molecule has 0 amide bonds. The van der Waals surface area contributed by atoms with Crippen LogP contribution in [0.4, 0.5) is 13.2 Å². The standard InChI is InChI=1S/C8H6F3N3/c9-5-1-4(2-12)14-6(3-13)7(5)8(10)11/h1,8H,2,12H2. The van der Waals surface area contributed by atoms with Gasteiger partial charge in [-0.3, -0.25) is 0 Å². The van der Waals surface area contributed by atoms with Crippen molar-refractivity contribution in [2.24, 2.45) is 5.73 Å². The van der Waals surface area contributed by atoms with Gasteiger partial charge < -0.3 is 5.73 Å². The number of halogens is 3. The highest BCUT2D eigenvalue weighted by molar-refractivity contribution is 5.34. The maximum atomic E-state index is 13.0. The number of nitrogens with two attached hydrogens (primary N) is 1. The molecule has 0 saturated heterocycles. The normalized spacial score (nSPS) is 10.3. The van der Waals surface area contributed by atoms with Crippen LogP contribution in [0.2, 0.25) is 0 Å². The molecular weight excluding hydrogens is 195 g/mol. The minimum absolute atomic E-state index is 0.0726. The lowest BCUT2D eigenvalue weighted by atomic mass is 10.1. The zero-order valence-corrected chi connectivity index (χ0v) is 6.97. The molecule has 1 aromatic rings.